The standard InChI is InChI=1S/C19H25N3O3/c1-12-8-13(2)10-17(9-12)22-19(25)21-16(5-4-14(3)23)11-15-6-7-20-18(15)24/h4-5,8-10,15-16H,6-7,11H2,1-3H3,(H,20,24)(H2,21,22,25)/b5-4+/t15-,16+/m0/s1. The largest absolute Gasteiger partial charge is 0.356 e. The fourth-order valence-electron chi connectivity index (χ4n) is 3.00. The molecule has 25 heavy (non-hydrogen) atoms. The minimum absolute atomic E-state index is 0.00209. The van der Waals surface area contributed by atoms with Crippen LogP contribution in [0, 0.1) is 19.8 Å². The summed E-state index contributed by atoms with van der Waals surface area (Å²) in [5, 5.41) is 8.43. The molecular formula is C19H25N3O3. The first kappa shape index (κ1) is 18.7. The molecule has 0 unspecified atom stereocenters. The van der Waals surface area contributed by atoms with E-state index in [1.807, 2.05) is 32.0 Å². The SMILES string of the molecule is CC(=O)/C=C/[C@H](C[C@@H]1CCNC1=O)NC(=O)Nc1cc(C)cc(C)c1. The average Bonchev–Trinajstić information content (AvgIpc) is 2.88. The molecule has 1 fully saturated rings. The molecule has 0 aromatic heterocycles. The lowest BCUT2D eigenvalue weighted by Crippen LogP contribution is -2.39. The summed E-state index contributed by atoms with van der Waals surface area (Å²) in [5.74, 6) is -0.252. The molecule has 6 nitrogen and oxygen atoms in total. The van der Waals surface area contributed by atoms with E-state index in [0.717, 1.165) is 17.5 Å². The zero-order chi connectivity index (χ0) is 18.4. The Bertz CT molecular complexity index is 677. The normalized spacial score (nSPS) is 18.0. The lowest BCUT2D eigenvalue weighted by molar-refractivity contribution is -0.122. The number of benzene rings is 1. The monoisotopic (exact) mass is 343 g/mol. The molecule has 0 spiro atoms. The maximum Gasteiger partial charge on any atom is 0.319 e. The van der Waals surface area contributed by atoms with Crippen molar-refractivity contribution in [3.05, 3.63) is 41.5 Å². The molecule has 134 valence electrons. The quantitative estimate of drug-likeness (QED) is 0.694. The topological polar surface area (TPSA) is 87.3 Å². The second kappa shape index (κ2) is 8.46. The van der Waals surface area contributed by atoms with Crippen molar-refractivity contribution in [1.29, 1.82) is 0 Å². The van der Waals surface area contributed by atoms with E-state index >= 15 is 0 Å². The van der Waals surface area contributed by atoms with Gasteiger partial charge in [-0.2, -0.15) is 0 Å². The van der Waals surface area contributed by atoms with Gasteiger partial charge in [0.15, 0.2) is 5.78 Å². The summed E-state index contributed by atoms with van der Waals surface area (Å²) < 4.78 is 0. The van der Waals surface area contributed by atoms with E-state index in [-0.39, 0.29) is 29.7 Å². The predicted molar refractivity (Wildman–Crippen MR) is 97.4 cm³/mol. The molecule has 1 aliphatic rings. The number of anilines is 1. The van der Waals surface area contributed by atoms with Crippen molar-refractivity contribution in [2.24, 2.45) is 5.92 Å². The Balaban J connectivity index is 2.02. The third kappa shape index (κ3) is 6.06. The highest BCUT2D eigenvalue weighted by Crippen LogP contribution is 2.17. The van der Waals surface area contributed by atoms with Crippen LogP contribution in [0.2, 0.25) is 0 Å². The van der Waals surface area contributed by atoms with E-state index in [9.17, 15) is 14.4 Å². The van der Waals surface area contributed by atoms with Crippen LogP contribution >= 0.6 is 0 Å². The number of carbonyl (C=O) groups is 3. The van der Waals surface area contributed by atoms with Gasteiger partial charge in [0.25, 0.3) is 0 Å². The van der Waals surface area contributed by atoms with Gasteiger partial charge in [-0.15, -0.1) is 0 Å². The van der Waals surface area contributed by atoms with Gasteiger partial charge in [0.1, 0.15) is 0 Å². The predicted octanol–water partition coefficient (Wildman–Crippen LogP) is 2.46. The van der Waals surface area contributed by atoms with E-state index in [1.165, 1.54) is 13.0 Å². The van der Waals surface area contributed by atoms with Crippen molar-refractivity contribution in [2.75, 3.05) is 11.9 Å². The Morgan fingerprint density at radius 3 is 2.52 bits per heavy atom. The maximum absolute atomic E-state index is 12.3. The lowest BCUT2D eigenvalue weighted by Gasteiger charge is -2.18. The summed E-state index contributed by atoms with van der Waals surface area (Å²) >= 11 is 0. The zero-order valence-corrected chi connectivity index (χ0v) is 14.9. The Kier molecular flexibility index (Phi) is 6.33. The van der Waals surface area contributed by atoms with Crippen molar-refractivity contribution < 1.29 is 14.4 Å². The second-order valence-electron chi connectivity index (χ2n) is 6.56. The van der Waals surface area contributed by atoms with Gasteiger partial charge in [0.05, 0.1) is 6.04 Å². The number of amides is 3. The van der Waals surface area contributed by atoms with Gasteiger partial charge >= 0.3 is 6.03 Å². The smallest absolute Gasteiger partial charge is 0.319 e. The maximum atomic E-state index is 12.3. The Hall–Kier alpha value is -2.63. The van der Waals surface area contributed by atoms with Gasteiger partial charge in [-0.3, -0.25) is 9.59 Å². The molecule has 2 atom stereocenters. The van der Waals surface area contributed by atoms with Crippen LogP contribution in [0.3, 0.4) is 0 Å². The lowest BCUT2D eigenvalue weighted by atomic mass is 9.98. The second-order valence-corrected chi connectivity index (χ2v) is 6.56. The number of nitrogens with one attached hydrogen (secondary N) is 3. The van der Waals surface area contributed by atoms with E-state index in [4.69, 9.17) is 0 Å². The Morgan fingerprint density at radius 2 is 1.96 bits per heavy atom. The summed E-state index contributed by atoms with van der Waals surface area (Å²) in [4.78, 5) is 35.3. The van der Waals surface area contributed by atoms with Crippen LogP contribution < -0.4 is 16.0 Å². The van der Waals surface area contributed by atoms with E-state index < -0.39 is 0 Å². The van der Waals surface area contributed by atoms with E-state index in [2.05, 4.69) is 16.0 Å². The van der Waals surface area contributed by atoms with Gasteiger partial charge in [-0.05, 0) is 62.9 Å². The van der Waals surface area contributed by atoms with Crippen LogP contribution in [-0.4, -0.2) is 30.3 Å². The summed E-state index contributed by atoms with van der Waals surface area (Å²) in [6, 6.07) is 5.06. The Morgan fingerprint density at radius 1 is 1.28 bits per heavy atom. The first-order chi connectivity index (χ1) is 11.8. The third-order valence-corrected chi connectivity index (χ3v) is 4.06. The molecule has 0 radical (unpaired) electrons. The molecule has 2 rings (SSSR count). The van der Waals surface area contributed by atoms with Gasteiger partial charge in [-0.1, -0.05) is 12.1 Å². The van der Waals surface area contributed by atoms with Crippen molar-refractivity contribution >= 4 is 23.4 Å². The first-order valence-corrected chi connectivity index (χ1v) is 8.46. The zero-order valence-electron chi connectivity index (χ0n) is 14.9. The number of carbonyl (C=O) groups excluding carboxylic acids is 3. The summed E-state index contributed by atoms with van der Waals surface area (Å²) in [6.45, 7) is 6.03. The minimum atomic E-state index is -0.386. The van der Waals surface area contributed by atoms with Gasteiger partial charge in [-0.25, -0.2) is 4.79 Å². The number of urea groups is 1. The highest BCUT2D eigenvalue weighted by molar-refractivity contribution is 5.90. The van der Waals surface area contributed by atoms with Crippen LogP contribution in [0.4, 0.5) is 10.5 Å². The minimum Gasteiger partial charge on any atom is -0.356 e. The molecule has 1 aliphatic heterocycles. The Labute approximate surface area is 148 Å². The van der Waals surface area contributed by atoms with Crippen molar-refractivity contribution in [2.45, 2.75) is 39.7 Å². The number of hydrogen-bond acceptors (Lipinski definition) is 3. The molecular weight excluding hydrogens is 318 g/mol. The number of allylic oxidation sites excluding steroid dienone is 1. The van der Waals surface area contributed by atoms with Crippen LogP contribution in [0.1, 0.15) is 30.9 Å². The summed E-state index contributed by atoms with van der Waals surface area (Å²) in [5.41, 5.74) is 2.83. The molecule has 6 heteroatoms. The number of ketones is 1. The van der Waals surface area contributed by atoms with Crippen LogP contribution in [0.5, 0.6) is 0 Å². The summed E-state index contributed by atoms with van der Waals surface area (Å²) in [7, 11) is 0. The molecule has 0 saturated carbocycles. The number of aryl methyl sites for hydroxylation is 2. The molecule has 1 heterocycles. The van der Waals surface area contributed by atoms with Crippen LogP contribution in [0.25, 0.3) is 0 Å². The number of rotatable bonds is 6. The molecule has 1 aromatic rings. The van der Waals surface area contributed by atoms with Gasteiger partial charge in [0, 0.05) is 18.2 Å². The van der Waals surface area contributed by atoms with Crippen LogP contribution in [0.15, 0.2) is 30.4 Å². The third-order valence-electron chi connectivity index (χ3n) is 4.06. The van der Waals surface area contributed by atoms with Crippen LogP contribution in [-0.2, 0) is 9.59 Å². The van der Waals surface area contributed by atoms with Crippen molar-refractivity contribution in [3.63, 3.8) is 0 Å². The molecule has 0 bridgehead atoms. The van der Waals surface area contributed by atoms with E-state index in [0.29, 0.717) is 18.7 Å². The molecule has 1 aromatic carbocycles. The number of hydrogen-bond donors (Lipinski definition) is 3. The average molecular weight is 343 g/mol. The van der Waals surface area contributed by atoms with Gasteiger partial charge in [0.2, 0.25) is 5.91 Å². The van der Waals surface area contributed by atoms with E-state index in [1.54, 1.807) is 6.08 Å². The van der Waals surface area contributed by atoms with Crippen molar-refractivity contribution in [3.8, 4) is 0 Å². The highest BCUT2D eigenvalue weighted by Gasteiger charge is 2.27. The fraction of sp³-hybridized carbons (Fsp3) is 0.421. The molecule has 3 amide bonds. The first-order valence-electron chi connectivity index (χ1n) is 8.46. The highest BCUT2D eigenvalue weighted by atomic mass is 16.2. The van der Waals surface area contributed by atoms with Gasteiger partial charge < -0.3 is 16.0 Å². The molecule has 0 aliphatic carbocycles. The summed E-state index contributed by atoms with van der Waals surface area (Å²) in [6.07, 6.45) is 4.28. The fourth-order valence-corrected chi connectivity index (χ4v) is 3.00. The van der Waals surface area contributed by atoms with Crippen molar-refractivity contribution in [1.82, 2.24) is 10.6 Å². The molecule has 1 saturated heterocycles. The molecule has 3 N–H and O–H groups in total.